The molecule has 2 unspecified atom stereocenters. The third-order valence-electron chi connectivity index (χ3n) is 3.42. The molecule has 1 aliphatic heterocycles. The van der Waals surface area contributed by atoms with Gasteiger partial charge in [0.05, 0.1) is 6.61 Å². The van der Waals surface area contributed by atoms with Crippen LogP contribution in [0.15, 0.2) is 11.6 Å². The summed E-state index contributed by atoms with van der Waals surface area (Å²) in [5.41, 5.74) is -0.720. The van der Waals surface area contributed by atoms with Gasteiger partial charge in [-0.2, -0.15) is 8.42 Å². The van der Waals surface area contributed by atoms with E-state index in [9.17, 15) is 22.6 Å². The fourth-order valence-corrected chi connectivity index (χ4v) is 3.57. The number of hydrogen-bond donors (Lipinski definition) is 1. The molecule has 0 aliphatic carbocycles. The van der Waals surface area contributed by atoms with E-state index in [0.29, 0.717) is 6.42 Å². The molecule has 0 spiro atoms. The summed E-state index contributed by atoms with van der Waals surface area (Å²) in [5, 5.41) is -1.67. The molecule has 1 fully saturated rings. The van der Waals surface area contributed by atoms with Crippen LogP contribution in [0.1, 0.15) is 41.0 Å². The second kappa shape index (κ2) is 7.52. The molecule has 0 aromatic carbocycles. The highest BCUT2D eigenvalue weighted by Crippen LogP contribution is 2.32. The molecule has 138 valence electrons. The molecular weight excluding hydrogens is 338 g/mol. The minimum atomic E-state index is -4.67. The van der Waals surface area contributed by atoms with Gasteiger partial charge in [0.2, 0.25) is 0 Å². The van der Waals surface area contributed by atoms with Crippen LogP contribution < -0.4 is 0 Å². The highest BCUT2D eigenvalue weighted by Gasteiger charge is 2.43. The van der Waals surface area contributed by atoms with E-state index in [4.69, 9.17) is 9.47 Å². The van der Waals surface area contributed by atoms with E-state index in [-0.39, 0.29) is 24.6 Å². The second-order valence-electron chi connectivity index (χ2n) is 6.63. The maximum Gasteiger partial charge on any atom is 0.411 e. The van der Waals surface area contributed by atoms with Crippen LogP contribution >= 0.6 is 0 Å². The molecule has 9 heteroatoms. The van der Waals surface area contributed by atoms with E-state index < -0.39 is 33.2 Å². The van der Waals surface area contributed by atoms with Crippen LogP contribution in [0.2, 0.25) is 0 Å². The third-order valence-corrected chi connectivity index (χ3v) is 4.51. The molecule has 1 heterocycles. The quantitative estimate of drug-likeness (QED) is 0.463. The number of hydrogen-bond acceptors (Lipinski definition) is 6. The van der Waals surface area contributed by atoms with Gasteiger partial charge in [-0.15, -0.1) is 0 Å². The lowest BCUT2D eigenvalue weighted by Crippen LogP contribution is -2.52. The summed E-state index contributed by atoms with van der Waals surface area (Å²) in [7, 11) is -4.67. The zero-order chi connectivity index (χ0) is 18.7. The fourth-order valence-electron chi connectivity index (χ4n) is 2.41. The van der Waals surface area contributed by atoms with Gasteiger partial charge in [-0.25, -0.2) is 9.59 Å². The predicted molar refractivity (Wildman–Crippen MR) is 86.8 cm³/mol. The van der Waals surface area contributed by atoms with Crippen molar-refractivity contribution in [3.8, 4) is 0 Å². The summed E-state index contributed by atoms with van der Waals surface area (Å²) < 4.78 is 43.4. The summed E-state index contributed by atoms with van der Waals surface area (Å²) in [4.78, 5) is 25.0. The van der Waals surface area contributed by atoms with Crippen LogP contribution in [0, 0.1) is 5.92 Å². The molecule has 0 aromatic rings. The topological polar surface area (TPSA) is 110 Å². The average molecular weight is 363 g/mol. The van der Waals surface area contributed by atoms with Crippen LogP contribution in [0.3, 0.4) is 0 Å². The number of amides is 1. The highest BCUT2D eigenvalue weighted by molar-refractivity contribution is 7.86. The van der Waals surface area contributed by atoms with Gasteiger partial charge in [0.25, 0.3) is 10.1 Å². The summed E-state index contributed by atoms with van der Waals surface area (Å²) in [6.07, 6.45) is 0.589. The summed E-state index contributed by atoms with van der Waals surface area (Å²) >= 11 is 0. The normalized spacial score (nSPS) is 23.9. The molecule has 24 heavy (non-hydrogen) atoms. The second-order valence-corrected chi connectivity index (χ2v) is 8.10. The van der Waals surface area contributed by atoms with Crippen molar-refractivity contribution < 1.29 is 32.0 Å². The zero-order valence-electron chi connectivity index (χ0n) is 14.6. The first kappa shape index (κ1) is 20.4. The summed E-state index contributed by atoms with van der Waals surface area (Å²) in [6.45, 7) is 8.49. The van der Waals surface area contributed by atoms with Crippen molar-refractivity contribution in [2.24, 2.45) is 5.92 Å². The Morgan fingerprint density at radius 3 is 2.42 bits per heavy atom. The molecule has 8 nitrogen and oxygen atoms in total. The third kappa shape index (κ3) is 5.48. The van der Waals surface area contributed by atoms with Gasteiger partial charge in [-0.05, 0) is 45.6 Å². The SMILES string of the molecule is CCOC(=O)/C=C1/C(C)CCN(C(=O)OC(C)(C)C)C1S(=O)(=O)O. The maximum atomic E-state index is 12.3. The monoisotopic (exact) mass is 363 g/mol. The zero-order valence-corrected chi connectivity index (χ0v) is 15.4. The van der Waals surface area contributed by atoms with Crippen LogP contribution in [-0.2, 0) is 24.4 Å². The van der Waals surface area contributed by atoms with Gasteiger partial charge in [0, 0.05) is 12.6 Å². The molecular formula is C15H25NO7S. The Bertz CT molecular complexity index is 618. The van der Waals surface area contributed by atoms with E-state index in [1.165, 1.54) is 0 Å². The molecule has 1 rings (SSSR count). The number of piperidine rings is 1. The largest absolute Gasteiger partial charge is 0.463 e. The van der Waals surface area contributed by atoms with Gasteiger partial charge >= 0.3 is 12.1 Å². The number of esters is 1. The van der Waals surface area contributed by atoms with Gasteiger partial charge in [-0.3, -0.25) is 9.45 Å². The first-order valence-corrected chi connectivity index (χ1v) is 9.21. The number of rotatable bonds is 3. The molecule has 0 saturated carbocycles. The van der Waals surface area contributed by atoms with E-state index >= 15 is 0 Å². The number of nitrogens with zero attached hydrogens (tertiary/aromatic N) is 1. The van der Waals surface area contributed by atoms with Gasteiger partial charge < -0.3 is 9.47 Å². The van der Waals surface area contributed by atoms with Crippen LogP contribution in [0.25, 0.3) is 0 Å². The van der Waals surface area contributed by atoms with Crippen molar-refractivity contribution in [1.29, 1.82) is 0 Å². The maximum absolute atomic E-state index is 12.3. The van der Waals surface area contributed by atoms with Crippen molar-refractivity contribution >= 4 is 22.2 Å². The van der Waals surface area contributed by atoms with Gasteiger partial charge in [-0.1, -0.05) is 6.92 Å². The first-order chi connectivity index (χ1) is 10.9. The Morgan fingerprint density at radius 1 is 1.38 bits per heavy atom. The Hall–Kier alpha value is -1.61. The Labute approximate surface area is 142 Å². The predicted octanol–water partition coefficient (Wildman–Crippen LogP) is 1.97. The van der Waals surface area contributed by atoms with E-state index in [1.807, 2.05) is 0 Å². The first-order valence-electron chi connectivity index (χ1n) is 7.71. The van der Waals surface area contributed by atoms with Crippen molar-refractivity contribution in [2.75, 3.05) is 13.2 Å². The van der Waals surface area contributed by atoms with Crippen molar-refractivity contribution in [1.82, 2.24) is 4.90 Å². The lowest BCUT2D eigenvalue weighted by molar-refractivity contribution is -0.137. The standard InChI is InChI=1S/C15H25NO7S/c1-6-22-12(17)9-11-10(2)7-8-16(13(11)24(19,20)21)14(18)23-15(3,4)5/h9-10,13H,6-8H2,1-5H3,(H,19,20,21)/b11-9-. The molecule has 0 bridgehead atoms. The van der Waals surface area contributed by atoms with Gasteiger partial charge in [0.15, 0.2) is 5.37 Å². The lowest BCUT2D eigenvalue weighted by atomic mass is 9.92. The molecule has 2 atom stereocenters. The van der Waals surface area contributed by atoms with E-state index in [2.05, 4.69) is 0 Å². The van der Waals surface area contributed by atoms with E-state index in [0.717, 1.165) is 11.0 Å². The number of carbonyl (C=O) groups is 2. The van der Waals surface area contributed by atoms with Crippen molar-refractivity contribution in [3.63, 3.8) is 0 Å². The highest BCUT2D eigenvalue weighted by atomic mass is 32.2. The molecule has 0 radical (unpaired) electrons. The summed E-state index contributed by atoms with van der Waals surface area (Å²) in [6, 6.07) is 0. The minimum absolute atomic E-state index is 0.0840. The van der Waals surface area contributed by atoms with Gasteiger partial charge in [0.1, 0.15) is 5.60 Å². The van der Waals surface area contributed by atoms with Crippen molar-refractivity contribution in [2.45, 2.75) is 52.0 Å². The molecule has 1 amide bonds. The molecule has 1 N–H and O–H groups in total. The molecule has 0 aromatic heterocycles. The lowest BCUT2D eigenvalue weighted by Gasteiger charge is -2.39. The Kier molecular flexibility index (Phi) is 6.40. The van der Waals surface area contributed by atoms with Crippen LogP contribution in [-0.4, -0.2) is 54.1 Å². The number of likely N-dealkylation sites (tertiary alicyclic amines) is 1. The molecule has 1 saturated heterocycles. The van der Waals surface area contributed by atoms with Crippen molar-refractivity contribution in [3.05, 3.63) is 11.6 Å². The number of carbonyl (C=O) groups excluding carboxylic acids is 2. The smallest absolute Gasteiger partial charge is 0.411 e. The van der Waals surface area contributed by atoms with Crippen LogP contribution in [0.4, 0.5) is 4.79 Å². The Morgan fingerprint density at radius 2 is 1.96 bits per heavy atom. The van der Waals surface area contributed by atoms with E-state index in [1.54, 1.807) is 34.6 Å². The van der Waals surface area contributed by atoms with Crippen LogP contribution in [0.5, 0.6) is 0 Å². The Balaban J connectivity index is 3.27. The number of ether oxygens (including phenoxy) is 2. The summed E-state index contributed by atoms with van der Waals surface area (Å²) in [5.74, 6) is -1.04. The average Bonchev–Trinajstić information content (AvgIpc) is 2.37. The minimum Gasteiger partial charge on any atom is -0.463 e. The molecule has 1 aliphatic rings. The fraction of sp³-hybridized carbons (Fsp3) is 0.733.